The second-order valence-electron chi connectivity index (χ2n) is 8.09. The highest BCUT2D eigenvalue weighted by atomic mass is 16.5. The molecule has 1 saturated heterocycles. The van der Waals surface area contributed by atoms with Gasteiger partial charge in [0.05, 0.1) is 17.9 Å². The van der Waals surface area contributed by atoms with Crippen LogP contribution in [0.5, 0.6) is 5.75 Å². The number of rotatable bonds is 7. The van der Waals surface area contributed by atoms with Gasteiger partial charge in [-0.15, -0.1) is 0 Å². The van der Waals surface area contributed by atoms with Crippen molar-refractivity contribution in [1.29, 1.82) is 0 Å². The number of nitrogens with zero attached hydrogens (tertiary/aromatic N) is 3. The Balaban J connectivity index is 1.79. The third-order valence-corrected chi connectivity index (χ3v) is 5.83. The van der Waals surface area contributed by atoms with E-state index in [2.05, 4.69) is 34.5 Å². The predicted molar refractivity (Wildman–Crippen MR) is 119 cm³/mol. The van der Waals surface area contributed by atoms with Crippen LogP contribution >= 0.6 is 0 Å². The minimum atomic E-state index is -0.168. The number of ether oxygens (including phenoxy) is 1. The van der Waals surface area contributed by atoms with Gasteiger partial charge in [-0.2, -0.15) is 5.10 Å². The normalized spacial score (nSPS) is 15.0. The minimum Gasteiger partial charge on any atom is -0.493 e. The van der Waals surface area contributed by atoms with Crippen molar-refractivity contribution < 1.29 is 4.74 Å². The van der Waals surface area contributed by atoms with Crippen LogP contribution in [0.1, 0.15) is 44.4 Å². The Morgan fingerprint density at radius 1 is 1.23 bits per heavy atom. The first-order chi connectivity index (χ1) is 14.6. The van der Waals surface area contributed by atoms with Gasteiger partial charge in [0.25, 0.3) is 5.56 Å². The summed E-state index contributed by atoms with van der Waals surface area (Å²) in [4.78, 5) is 20.7. The first-order valence-electron chi connectivity index (χ1n) is 11.0. The lowest BCUT2D eigenvalue weighted by Gasteiger charge is -2.23. The van der Waals surface area contributed by atoms with E-state index in [1.54, 1.807) is 11.7 Å². The van der Waals surface area contributed by atoms with Gasteiger partial charge in [0, 0.05) is 7.05 Å². The molecule has 160 valence electrons. The van der Waals surface area contributed by atoms with Crippen LogP contribution in [-0.2, 0) is 19.9 Å². The van der Waals surface area contributed by atoms with E-state index in [-0.39, 0.29) is 5.56 Å². The van der Waals surface area contributed by atoms with Crippen molar-refractivity contribution in [3.05, 3.63) is 39.8 Å². The van der Waals surface area contributed by atoms with E-state index in [1.807, 2.05) is 13.0 Å². The smallest absolute Gasteiger partial charge is 0.277 e. The van der Waals surface area contributed by atoms with E-state index in [9.17, 15) is 4.79 Å². The molecule has 30 heavy (non-hydrogen) atoms. The molecular formula is C23H31N5O2. The molecule has 0 radical (unpaired) electrons. The van der Waals surface area contributed by atoms with Crippen molar-refractivity contribution in [1.82, 2.24) is 25.1 Å². The molecular weight excluding hydrogens is 378 g/mol. The van der Waals surface area contributed by atoms with Crippen molar-refractivity contribution >= 4 is 11.0 Å². The molecule has 7 heteroatoms. The van der Waals surface area contributed by atoms with Crippen LogP contribution in [0.3, 0.4) is 0 Å². The van der Waals surface area contributed by atoms with Crippen LogP contribution in [0.25, 0.3) is 22.4 Å². The summed E-state index contributed by atoms with van der Waals surface area (Å²) in [6.07, 6.45) is 5.16. The highest BCUT2D eigenvalue weighted by molar-refractivity contribution is 5.79. The molecule has 0 atom stereocenters. The maximum Gasteiger partial charge on any atom is 0.277 e. The van der Waals surface area contributed by atoms with Crippen LogP contribution in [0.15, 0.2) is 23.0 Å². The average molecular weight is 410 g/mol. The molecule has 0 saturated carbocycles. The van der Waals surface area contributed by atoms with Gasteiger partial charge in [-0.3, -0.25) is 9.48 Å². The monoisotopic (exact) mass is 409 g/mol. The molecule has 3 aromatic rings. The van der Waals surface area contributed by atoms with Gasteiger partial charge in [-0.05, 0) is 69.3 Å². The number of aromatic amines is 1. The van der Waals surface area contributed by atoms with E-state index in [1.165, 1.54) is 18.4 Å². The molecule has 0 aliphatic carbocycles. The maximum atomic E-state index is 12.9. The summed E-state index contributed by atoms with van der Waals surface area (Å²) in [6.45, 7) is 6.79. The number of hydrogen-bond donors (Lipinski definition) is 2. The van der Waals surface area contributed by atoms with Gasteiger partial charge in [-0.1, -0.05) is 19.4 Å². The number of nitrogens with one attached hydrogen (secondary N) is 2. The SMILES string of the molecule is CCCc1nn(C)c2c(=O)[nH]c(-c3cc(CC4CCNCC4)ccc3OCC)nc12. The van der Waals surface area contributed by atoms with Crippen molar-refractivity contribution in [2.24, 2.45) is 13.0 Å². The number of benzene rings is 1. The lowest BCUT2D eigenvalue weighted by molar-refractivity contribution is 0.341. The lowest BCUT2D eigenvalue weighted by atomic mass is 9.90. The number of aryl methyl sites for hydroxylation is 2. The number of piperidine rings is 1. The van der Waals surface area contributed by atoms with Crippen LogP contribution in [-0.4, -0.2) is 39.4 Å². The van der Waals surface area contributed by atoms with E-state index in [0.717, 1.165) is 49.4 Å². The van der Waals surface area contributed by atoms with Crippen LogP contribution in [0.4, 0.5) is 0 Å². The van der Waals surface area contributed by atoms with Crippen molar-refractivity contribution in [2.75, 3.05) is 19.7 Å². The summed E-state index contributed by atoms with van der Waals surface area (Å²) < 4.78 is 7.51. The Morgan fingerprint density at radius 3 is 2.77 bits per heavy atom. The molecule has 0 unspecified atom stereocenters. The average Bonchev–Trinajstić information content (AvgIpc) is 3.06. The molecule has 1 aliphatic rings. The Kier molecular flexibility index (Phi) is 6.18. The molecule has 0 bridgehead atoms. The summed E-state index contributed by atoms with van der Waals surface area (Å²) in [7, 11) is 1.80. The van der Waals surface area contributed by atoms with Crippen LogP contribution < -0.4 is 15.6 Å². The molecule has 0 amide bonds. The van der Waals surface area contributed by atoms with Crippen molar-refractivity contribution in [3.63, 3.8) is 0 Å². The molecule has 1 fully saturated rings. The van der Waals surface area contributed by atoms with Gasteiger partial charge in [0.15, 0.2) is 5.52 Å². The molecule has 1 aliphatic heterocycles. The Hall–Kier alpha value is -2.67. The maximum absolute atomic E-state index is 12.9. The van der Waals surface area contributed by atoms with Gasteiger partial charge in [-0.25, -0.2) is 4.98 Å². The predicted octanol–water partition coefficient (Wildman–Crippen LogP) is 3.22. The first kappa shape index (κ1) is 20.6. The Labute approximate surface area is 176 Å². The molecule has 4 rings (SSSR count). The van der Waals surface area contributed by atoms with Crippen molar-refractivity contribution in [3.8, 4) is 17.1 Å². The van der Waals surface area contributed by atoms with Crippen LogP contribution in [0.2, 0.25) is 0 Å². The minimum absolute atomic E-state index is 0.168. The van der Waals surface area contributed by atoms with E-state index in [0.29, 0.717) is 29.4 Å². The lowest BCUT2D eigenvalue weighted by Crippen LogP contribution is -2.28. The summed E-state index contributed by atoms with van der Waals surface area (Å²) >= 11 is 0. The molecule has 7 nitrogen and oxygen atoms in total. The highest BCUT2D eigenvalue weighted by Gasteiger charge is 2.19. The molecule has 2 N–H and O–H groups in total. The van der Waals surface area contributed by atoms with Gasteiger partial charge < -0.3 is 15.0 Å². The number of H-pyrrole nitrogens is 1. The molecule has 2 aromatic heterocycles. The number of aromatic nitrogens is 4. The molecule has 1 aromatic carbocycles. The van der Waals surface area contributed by atoms with Gasteiger partial charge >= 0.3 is 0 Å². The zero-order chi connectivity index (χ0) is 21.1. The zero-order valence-electron chi connectivity index (χ0n) is 18.1. The third kappa shape index (κ3) is 4.12. The standard InChI is InChI=1S/C23H31N5O2/c1-4-6-18-20-21(28(3)27-18)23(29)26-22(25-20)17-14-16(7-8-19(17)30-5-2)13-15-9-11-24-12-10-15/h7-8,14-15,24H,4-6,9-13H2,1-3H3,(H,25,26,29). The van der Waals surface area contributed by atoms with Crippen LogP contribution in [0, 0.1) is 5.92 Å². The zero-order valence-corrected chi connectivity index (χ0v) is 18.1. The van der Waals surface area contributed by atoms with Gasteiger partial charge in [0.2, 0.25) is 0 Å². The van der Waals surface area contributed by atoms with E-state index < -0.39 is 0 Å². The fourth-order valence-electron chi connectivity index (χ4n) is 4.37. The fraction of sp³-hybridized carbons (Fsp3) is 0.522. The topological polar surface area (TPSA) is 84.8 Å². The summed E-state index contributed by atoms with van der Waals surface area (Å²) in [5.74, 6) is 1.98. The molecule has 3 heterocycles. The van der Waals surface area contributed by atoms with E-state index in [4.69, 9.17) is 9.72 Å². The van der Waals surface area contributed by atoms with Crippen molar-refractivity contribution in [2.45, 2.75) is 46.0 Å². The fourth-order valence-corrected chi connectivity index (χ4v) is 4.37. The second kappa shape index (κ2) is 9.00. The Bertz CT molecular complexity index is 1080. The van der Waals surface area contributed by atoms with Gasteiger partial charge in [0.1, 0.15) is 17.1 Å². The summed E-state index contributed by atoms with van der Waals surface area (Å²) in [5, 5.41) is 7.95. The third-order valence-electron chi connectivity index (χ3n) is 5.83. The first-order valence-corrected chi connectivity index (χ1v) is 11.0. The molecule has 0 spiro atoms. The van der Waals surface area contributed by atoms with E-state index >= 15 is 0 Å². The quantitative estimate of drug-likeness (QED) is 0.626. The largest absolute Gasteiger partial charge is 0.493 e. The Morgan fingerprint density at radius 2 is 2.03 bits per heavy atom. The summed E-state index contributed by atoms with van der Waals surface area (Å²) in [6, 6.07) is 6.28. The summed E-state index contributed by atoms with van der Waals surface area (Å²) in [5.41, 5.74) is 4.00. The number of fused-ring (bicyclic) bond motifs is 1. The highest BCUT2D eigenvalue weighted by Crippen LogP contribution is 2.31. The number of hydrogen-bond acceptors (Lipinski definition) is 5. The second-order valence-corrected chi connectivity index (χ2v) is 8.09.